The summed E-state index contributed by atoms with van der Waals surface area (Å²) in [6.45, 7) is 6.33. The van der Waals surface area contributed by atoms with Gasteiger partial charge in [0.1, 0.15) is 5.75 Å². The second-order valence-electron chi connectivity index (χ2n) is 10.3. The smallest absolute Gasteiger partial charge is 0.238 e. The molecule has 1 aliphatic heterocycles. The van der Waals surface area contributed by atoms with Gasteiger partial charge in [0.05, 0.1) is 22.2 Å². The molecule has 210 valence electrons. The highest BCUT2D eigenvalue weighted by Crippen LogP contribution is 2.32. The standard InChI is InChI=1S/C31H32N6O3S/c1-21-16-24(19-32)17-22(2)30(21)40-29-18-28(25-6-4-3-5-7-25)35-31(36-29)34-26-12-14-37(15-13-26)20-23-8-10-27(11-9-23)41(33,38)39/h3-11,16-18,26H,12-15,20H2,1-2H3,(H2,33,38,39)(H,34,35,36). The fraction of sp³-hybridized carbons (Fsp3) is 0.258. The summed E-state index contributed by atoms with van der Waals surface area (Å²) >= 11 is 0. The van der Waals surface area contributed by atoms with Gasteiger partial charge in [0.2, 0.25) is 21.9 Å². The molecule has 0 saturated carbocycles. The molecule has 3 N–H and O–H groups in total. The van der Waals surface area contributed by atoms with Crippen molar-refractivity contribution in [2.24, 2.45) is 5.14 Å². The Labute approximate surface area is 240 Å². The summed E-state index contributed by atoms with van der Waals surface area (Å²) in [6.07, 6.45) is 1.80. The van der Waals surface area contributed by atoms with E-state index in [1.165, 1.54) is 0 Å². The molecule has 0 bridgehead atoms. The Balaban J connectivity index is 1.30. The molecule has 1 aliphatic rings. The third-order valence-corrected chi connectivity index (χ3v) is 8.08. The van der Waals surface area contributed by atoms with Crippen molar-refractivity contribution < 1.29 is 13.2 Å². The number of hydrogen-bond donors (Lipinski definition) is 2. The summed E-state index contributed by atoms with van der Waals surface area (Å²) in [5, 5.41) is 18.0. The number of hydrogen-bond acceptors (Lipinski definition) is 8. The van der Waals surface area contributed by atoms with Gasteiger partial charge in [0.15, 0.2) is 0 Å². The molecule has 0 aliphatic carbocycles. The summed E-state index contributed by atoms with van der Waals surface area (Å²) in [7, 11) is -3.69. The molecule has 0 spiro atoms. The minimum atomic E-state index is -3.69. The first-order chi connectivity index (χ1) is 19.7. The zero-order chi connectivity index (χ0) is 29.0. The van der Waals surface area contributed by atoms with Crippen LogP contribution in [0.1, 0.15) is 35.1 Å². The van der Waals surface area contributed by atoms with Crippen LogP contribution < -0.4 is 15.2 Å². The summed E-state index contributed by atoms with van der Waals surface area (Å²) in [5.74, 6) is 1.61. The van der Waals surface area contributed by atoms with Crippen LogP contribution in [0.25, 0.3) is 11.3 Å². The highest BCUT2D eigenvalue weighted by molar-refractivity contribution is 7.89. The number of piperidine rings is 1. The van der Waals surface area contributed by atoms with Crippen molar-refractivity contribution in [1.82, 2.24) is 14.9 Å². The average molecular weight is 569 g/mol. The average Bonchev–Trinajstić information content (AvgIpc) is 2.96. The van der Waals surface area contributed by atoms with Crippen molar-refractivity contribution in [1.29, 1.82) is 5.26 Å². The largest absolute Gasteiger partial charge is 0.438 e. The number of nitriles is 1. The van der Waals surface area contributed by atoms with Crippen LogP contribution in [0.3, 0.4) is 0 Å². The first-order valence-corrected chi connectivity index (χ1v) is 15.0. The van der Waals surface area contributed by atoms with Gasteiger partial charge in [-0.05, 0) is 67.6 Å². The Morgan fingerprint density at radius 3 is 2.27 bits per heavy atom. The topological polar surface area (TPSA) is 134 Å². The van der Waals surface area contributed by atoms with E-state index in [4.69, 9.17) is 19.8 Å². The molecule has 0 unspecified atom stereocenters. The third-order valence-electron chi connectivity index (χ3n) is 7.15. The maximum atomic E-state index is 11.5. The molecular formula is C31H32N6O3S. The summed E-state index contributed by atoms with van der Waals surface area (Å²) in [5.41, 5.74) is 5.07. The number of aryl methyl sites for hydroxylation is 2. The van der Waals surface area contributed by atoms with Gasteiger partial charge in [-0.1, -0.05) is 42.5 Å². The number of nitrogens with zero attached hydrogens (tertiary/aromatic N) is 4. The maximum Gasteiger partial charge on any atom is 0.238 e. The molecular weight excluding hydrogens is 536 g/mol. The number of anilines is 1. The highest BCUT2D eigenvalue weighted by Gasteiger charge is 2.21. The lowest BCUT2D eigenvalue weighted by Crippen LogP contribution is -2.39. The van der Waals surface area contributed by atoms with Crippen LogP contribution in [0.4, 0.5) is 5.95 Å². The number of nitrogens with one attached hydrogen (secondary N) is 1. The first-order valence-electron chi connectivity index (χ1n) is 13.4. The van der Waals surface area contributed by atoms with E-state index in [9.17, 15) is 13.7 Å². The molecule has 10 heteroatoms. The number of primary sulfonamides is 1. The van der Waals surface area contributed by atoms with E-state index in [0.29, 0.717) is 23.1 Å². The van der Waals surface area contributed by atoms with Crippen LogP contribution in [0.15, 0.2) is 77.7 Å². The lowest BCUT2D eigenvalue weighted by Gasteiger charge is -2.32. The minimum Gasteiger partial charge on any atom is -0.438 e. The fourth-order valence-corrected chi connectivity index (χ4v) is 5.56. The van der Waals surface area contributed by atoms with E-state index in [1.807, 2.05) is 74.5 Å². The molecule has 3 aromatic carbocycles. The third kappa shape index (κ3) is 7.08. The van der Waals surface area contributed by atoms with Crippen LogP contribution in [0.5, 0.6) is 11.6 Å². The summed E-state index contributed by atoms with van der Waals surface area (Å²) in [4.78, 5) is 12.0. The maximum absolute atomic E-state index is 11.5. The molecule has 1 aromatic heterocycles. The van der Waals surface area contributed by atoms with E-state index >= 15 is 0 Å². The van der Waals surface area contributed by atoms with Gasteiger partial charge < -0.3 is 10.1 Å². The number of benzene rings is 3. The molecule has 41 heavy (non-hydrogen) atoms. The Hall–Kier alpha value is -4.30. The van der Waals surface area contributed by atoms with Gasteiger partial charge in [0.25, 0.3) is 0 Å². The van der Waals surface area contributed by atoms with Crippen LogP contribution in [0, 0.1) is 25.2 Å². The number of likely N-dealkylation sites (tertiary alicyclic amines) is 1. The molecule has 1 saturated heterocycles. The Bertz CT molecular complexity index is 1650. The Morgan fingerprint density at radius 1 is 1.00 bits per heavy atom. The van der Waals surface area contributed by atoms with Gasteiger partial charge in [0, 0.05) is 37.3 Å². The number of sulfonamides is 1. The molecule has 4 aromatic rings. The van der Waals surface area contributed by atoms with E-state index in [0.717, 1.165) is 60.4 Å². The van der Waals surface area contributed by atoms with Gasteiger partial charge in [-0.2, -0.15) is 10.2 Å². The number of rotatable bonds is 8. The molecule has 0 radical (unpaired) electrons. The molecule has 0 atom stereocenters. The quantitative estimate of drug-likeness (QED) is 0.298. The second-order valence-corrected chi connectivity index (χ2v) is 11.9. The molecule has 9 nitrogen and oxygen atoms in total. The van der Waals surface area contributed by atoms with Gasteiger partial charge in [-0.3, -0.25) is 4.90 Å². The van der Waals surface area contributed by atoms with Crippen molar-refractivity contribution in [3.63, 3.8) is 0 Å². The van der Waals surface area contributed by atoms with Crippen molar-refractivity contribution in [2.45, 2.75) is 44.2 Å². The van der Waals surface area contributed by atoms with Gasteiger partial charge in [-0.25, -0.2) is 18.5 Å². The highest BCUT2D eigenvalue weighted by atomic mass is 32.2. The zero-order valence-electron chi connectivity index (χ0n) is 23.0. The fourth-order valence-electron chi connectivity index (χ4n) is 5.04. The van der Waals surface area contributed by atoms with E-state index < -0.39 is 10.0 Å². The van der Waals surface area contributed by atoms with E-state index in [-0.39, 0.29) is 10.9 Å². The van der Waals surface area contributed by atoms with Crippen molar-refractivity contribution in [3.05, 3.63) is 95.1 Å². The summed E-state index contributed by atoms with van der Waals surface area (Å²) in [6, 6.07) is 24.5. The second kappa shape index (κ2) is 12.1. The van der Waals surface area contributed by atoms with Crippen LogP contribution in [-0.4, -0.2) is 42.4 Å². The van der Waals surface area contributed by atoms with E-state index in [2.05, 4.69) is 16.3 Å². The summed E-state index contributed by atoms with van der Waals surface area (Å²) < 4.78 is 29.3. The lowest BCUT2D eigenvalue weighted by atomic mass is 10.0. The van der Waals surface area contributed by atoms with E-state index in [1.54, 1.807) is 12.1 Å². The van der Waals surface area contributed by atoms with Crippen LogP contribution >= 0.6 is 0 Å². The van der Waals surface area contributed by atoms with Crippen molar-refractivity contribution >= 4 is 16.0 Å². The van der Waals surface area contributed by atoms with Crippen molar-refractivity contribution in [3.8, 4) is 29.0 Å². The van der Waals surface area contributed by atoms with Crippen LogP contribution in [0.2, 0.25) is 0 Å². The Kier molecular flexibility index (Phi) is 8.31. The number of aromatic nitrogens is 2. The lowest BCUT2D eigenvalue weighted by molar-refractivity contribution is 0.211. The molecule has 2 heterocycles. The monoisotopic (exact) mass is 568 g/mol. The van der Waals surface area contributed by atoms with Crippen LogP contribution in [-0.2, 0) is 16.6 Å². The van der Waals surface area contributed by atoms with Gasteiger partial charge >= 0.3 is 0 Å². The Morgan fingerprint density at radius 2 is 1.66 bits per heavy atom. The van der Waals surface area contributed by atoms with Gasteiger partial charge in [-0.15, -0.1) is 0 Å². The predicted octanol–water partition coefficient (Wildman–Crippen LogP) is 5.15. The van der Waals surface area contributed by atoms with Crippen molar-refractivity contribution in [2.75, 3.05) is 18.4 Å². The molecule has 5 rings (SSSR count). The first kappa shape index (κ1) is 28.2. The SMILES string of the molecule is Cc1cc(C#N)cc(C)c1Oc1cc(-c2ccccc2)nc(NC2CCN(Cc3ccc(S(N)(=O)=O)cc3)CC2)n1. The minimum absolute atomic E-state index is 0.120. The molecule has 0 amide bonds. The zero-order valence-corrected chi connectivity index (χ0v) is 23.9. The number of nitrogens with two attached hydrogens (primary N) is 1. The number of ether oxygens (including phenoxy) is 1. The normalized spacial score (nSPS) is 14.4. The predicted molar refractivity (Wildman–Crippen MR) is 158 cm³/mol. The molecule has 1 fully saturated rings.